The van der Waals surface area contributed by atoms with Crippen molar-refractivity contribution in [1.82, 2.24) is 19.9 Å². The SMILES string of the molecule is CCC(=O)c1nc(Cn2cc(N)c(C)n2)no1. The number of nitrogens with two attached hydrogens (primary N) is 1. The quantitative estimate of drug-likeness (QED) is 0.786. The molecule has 0 saturated heterocycles. The number of nitrogens with zero attached hydrogens (tertiary/aromatic N) is 4. The van der Waals surface area contributed by atoms with Gasteiger partial charge in [0, 0.05) is 12.6 Å². The summed E-state index contributed by atoms with van der Waals surface area (Å²) in [7, 11) is 0. The Balaban J connectivity index is 2.14. The van der Waals surface area contributed by atoms with Crippen LogP contribution in [-0.4, -0.2) is 25.7 Å². The average molecular weight is 235 g/mol. The van der Waals surface area contributed by atoms with Gasteiger partial charge in [-0.3, -0.25) is 9.48 Å². The summed E-state index contributed by atoms with van der Waals surface area (Å²) in [6.45, 7) is 3.89. The number of carbonyl (C=O) groups is 1. The van der Waals surface area contributed by atoms with Gasteiger partial charge in [-0.25, -0.2) is 0 Å². The van der Waals surface area contributed by atoms with Gasteiger partial charge in [-0.2, -0.15) is 10.1 Å². The average Bonchev–Trinajstić information content (AvgIpc) is 2.87. The number of aromatic nitrogens is 4. The van der Waals surface area contributed by atoms with E-state index in [4.69, 9.17) is 10.3 Å². The van der Waals surface area contributed by atoms with Crippen LogP contribution in [0.15, 0.2) is 10.7 Å². The fourth-order valence-electron chi connectivity index (χ4n) is 1.34. The lowest BCUT2D eigenvalue weighted by Gasteiger charge is -1.93. The van der Waals surface area contributed by atoms with E-state index in [1.807, 2.05) is 6.92 Å². The Morgan fingerprint density at radius 1 is 1.59 bits per heavy atom. The molecule has 2 heterocycles. The minimum absolute atomic E-state index is 0.0411. The maximum atomic E-state index is 11.3. The first kappa shape index (κ1) is 11.3. The van der Waals surface area contributed by atoms with Crippen molar-refractivity contribution in [2.45, 2.75) is 26.8 Å². The molecule has 0 radical (unpaired) electrons. The van der Waals surface area contributed by atoms with Gasteiger partial charge in [0.15, 0.2) is 5.82 Å². The molecule has 0 aliphatic rings. The summed E-state index contributed by atoms with van der Waals surface area (Å²) in [6.07, 6.45) is 2.03. The monoisotopic (exact) mass is 235 g/mol. The molecule has 0 unspecified atom stereocenters. The van der Waals surface area contributed by atoms with Crippen LogP contribution in [0, 0.1) is 6.92 Å². The van der Waals surface area contributed by atoms with Crippen LogP contribution >= 0.6 is 0 Å². The fraction of sp³-hybridized carbons (Fsp3) is 0.400. The largest absolute Gasteiger partial charge is 0.396 e. The Labute approximate surface area is 97.6 Å². The molecule has 0 aliphatic heterocycles. The molecule has 0 spiro atoms. The van der Waals surface area contributed by atoms with Crippen LogP contribution in [0.1, 0.15) is 35.5 Å². The number of hydrogen-bond donors (Lipinski definition) is 1. The van der Waals surface area contributed by atoms with Gasteiger partial charge in [-0.1, -0.05) is 12.1 Å². The van der Waals surface area contributed by atoms with Gasteiger partial charge in [0.05, 0.1) is 11.4 Å². The fourth-order valence-corrected chi connectivity index (χ4v) is 1.34. The number of aryl methyl sites for hydroxylation is 1. The van der Waals surface area contributed by atoms with Crippen molar-refractivity contribution in [2.24, 2.45) is 0 Å². The molecule has 0 aliphatic carbocycles. The topological polar surface area (TPSA) is 99.8 Å². The summed E-state index contributed by atoms with van der Waals surface area (Å²) in [5.41, 5.74) is 7.03. The molecular formula is C10H13N5O2. The minimum Gasteiger partial charge on any atom is -0.396 e. The van der Waals surface area contributed by atoms with Gasteiger partial charge in [-0.15, -0.1) is 0 Å². The zero-order chi connectivity index (χ0) is 12.4. The van der Waals surface area contributed by atoms with Crippen LogP contribution in [0.2, 0.25) is 0 Å². The van der Waals surface area contributed by atoms with E-state index in [0.717, 1.165) is 5.69 Å². The molecule has 0 fully saturated rings. The third-order valence-electron chi connectivity index (χ3n) is 2.32. The summed E-state index contributed by atoms with van der Waals surface area (Å²) >= 11 is 0. The van der Waals surface area contributed by atoms with E-state index in [9.17, 15) is 4.79 Å². The molecule has 0 aromatic carbocycles. The number of rotatable bonds is 4. The number of carbonyl (C=O) groups excluding carboxylic acids is 1. The first-order valence-corrected chi connectivity index (χ1v) is 5.25. The summed E-state index contributed by atoms with van der Waals surface area (Å²) in [5, 5.41) is 7.88. The van der Waals surface area contributed by atoms with E-state index in [0.29, 0.717) is 24.5 Å². The minimum atomic E-state index is -0.167. The predicted octanol–water partition coefficient (Wildman–Crippen LogP) is 0.798. The number of ketones is 1. The first-order chi connectivity index (χ1) is 8.10. The number of anilines is 1. The molecule has 0 atom stereocenters. The van der Waals surface area contributed by atoms with Gasteiger partial charge in [-0.05, 0) is 6.92 Å². The lowest BCUT2D eigenvalue weighted by atomic mass is 10.3. The van der Waals surface area contributed by atoms with Gasteiger partial charge in [0.1, 0.15) is 6.54 Å². The number of hydrogen-bond acceptors (Lipinski definition) is 6. The zero-order valence-electron chi connectivity index (χ0n) is 9.67. The Morgan fingerprint density at radius 2 is 2.35 bits per heavy atom. The predicted molar refractivity (Wildman–Crippen MR) is 59.4 cm³/mol. The highest BCUT2D eigenvalue weighted by atomic mass is 16.5. The van der Waals surface area contributed by atoms with E-state index in [1.165, 1.54) is 0 Å². The molecule has 7 nitrogen and oxygen atoms in total. The van der Waals surface area contributed by atoms with Crippen LogP contribution in [0.25, 0.3) is 0 Å². The van der Waals surface area contributed by atoms with Crippen molar-refractivity contribution >= 4 is 11.5 Å². The van der Waals surface area contributed by atoms with Gasteiger partial charge >= 0.3 is 0 Å². The van der Waals surface area contributed by atoms with Crippen LogP contribution in [-0.2, 0) is 6.54 Å². The van der Waals surface area contributed by atoms with Crippen LogP contribution in [0.3, 0.4) is 0 Å². The van der Waals surface area contributed by atoms with Crippen LogP contribution in [0.5, 0.6) is 0 Å². The Kier molecular flexibility index (Phi) is 2.90. The summed E-state index contributed by atoms with van der Waals surface area (Å²) < 4.78 is 6.45. The van der Waals surface area contributed by atoms with Gasteiger partial charge in [0.2, 0.25) is 5.78 Å². The Morgan fingerprint density at radius 3 is 2.94 bits per heavy atom. The van der Waals surface area contributed by atoms with Crippen molar-refractivity contribution in [1.29, 1.82) is 0 Å². The van der Waals surface area contributed by atoms with Crippen molar-refractivity contribution in [3.8, 4) is 0 Å². The first-order valence-electron chi connectivity index (χ1n) is 5.25. The highest BCUT2D eigenvalue weighted by Crippen LogP contribution is 2.08. The third kappa shape index (κ3) is 2.32. The van der Waals surface area contributed by atoms with Crippen molar-refractivity contribution < 1.29 is 9.32 Å². The van der Waals surface area contributed by atoms with Crippen LogP contribution < -0.4 is 5.73 Å². The number of Topliss-reactive ketones (excluding diaryl/α,β-unsaturated/α-hetero) is 1. The molecule has 2 aromatic rings. The maximum absolute atomic E-state index is 11.3. The second kappa shape index (κ2) is 4.36. The van der Waals surface area contributed by atoms with E-state index < -0.39 is 0 Å². The van der Waals surface area contributed by atoms with Crippen molar-refractivity contribution in [2.75, 3.05) is 5.73 Å². The summed E-state index contributed by atoms with van der Waals surface area (Å²) in [5.74, 6) is 0.281. The lowest BCUT2D eigenvalue weighted by Crippen LogP contribution is -2.03. The highest BCUT2D eigenvalue weighted by Gasteiger charge is 2.13. The highest BCUT2D eigenvalue weighted by molar-refractivity contribution is 5.91. The molecule has 7 heteroatoms. The lowest BCUT2D eigenvalue weighted by molar-refractivity contribution is 0.0946. The van der Waals surface area contributed by atoms with E-state index in [-0.39, 0.29) is 11.7 Å². The molecule has 2 rings (SSSR count). The van der Waals surface area contributed by atoms with Gasteiger partial charge < -0.3 is 10.3 Å². The molecule has 0 bridgehead atoms. The number of nitrogen functional groups attached to an aromatic ring is 1. The van der Waals surface area contributed by atoms with E-state index in [1.54, 1.807) is 17.8 Å². The smallest absolute Gasteiger partial charge is 0.294 e. The molecule has 0 saturated carbocycles. The molecule has 17 heavy (non-hydrogen) atoms. The normalized spacial score (nSPS) is 10.7. The van der Waals surface area contributed by atoms with E-state index in [2.05, 4.69) is 15.2 Å². The molecule has 2 aromatic heterocycles. The second-order valence-corrected chi connectivity index (χ2v) is 3.66. The molecular weight excluding hydrogens is 222 g/mol. The van der Waals surface area contributed by atoms with E-state index >= 15 is 0 Å². The Bertz CT molecular complexity index is 523. The zero-order valence-corrected chi connectivity index (χ0v) is 9.67. The molecule has 2 N–H and O–H groups in total. The Hall–Kier alpha value is -2.18. The standard InChI is InChI=1S/C10H13N5O2/c1-3-8(16)10-12-9(14-17-10)5-15-4-7(11)6(2)13-15/h4H,3,5,11H2,1-2H3. The van der Waals surface area contributed by atoms with Crippen molar-refractivity contribution in [3.63, 3.8) is 0 Å². The molecule has 90 valence electrons. The summed E-state index contributed by atoms with van der Waals surface area (Å²) in [6, 6.07) is 0. The molecule has 0 amide bonds. The maximum Gasteiger partial charge on any atom is 0.294 e. The van der Waals surface area contributed by atoms with Crippen LogP contribution in [0.4, 0.5) is 5.69 Å². The summed E-state index contributed by atoms with van der Waals surface area (Å²) in [4.78, 5) is 15.3. The second-order valence-electron chi connectivity index (χ2n) is 3.66. The third-order valence-corrected chi connectivity index (χ3v) is 2.32. The van der Waals surface area contributed by atoms with Gasteiger partial charge in [0.25, 0.3) is 5.89 Å². The van der Waals surface area contributed by atoms with Crippen molar-refractivity contribution in [3.05, 3.63) is 23.6 Å².